The van der Waals surface area contributed by atoms with E-state index in [0.29, 0.717) is 18.7 Å². The van der Waals surface area contributed by atoms with Crippen LogP contribution in [0.4, 0.5) is 5.69 Å². The summed E-state index contributed by atoms with van der Waals surface area (Å²) in [7, 11) is -2.38. The predicted molar refractivity (Wildman–Crippen MR) is 101 cm³/mol. The minimum absolute atomic E-state index is 0.139. The molecule has 0 unspecified atom stereocenters. The number of aliphatic hydroxyl groups is 1. The minimum Gasteiger partial charge on any atom is -0.497 e. The van der Waals surface area contributed by atoms with Crippen molar-refractivity contribution >= 4 is 21.7 Å². The van der Waals surface area contributed by atoms with E-state index in [-0.39, 0.29) is 23.6 Å². The fourth-order valence-electron chi connectivity index (χ4n) is 2.42. The fourth-order valence-corrected chi connectivity index (χ4v) is 3.64. The Hall–Kier alpha value is -2.62. The number of carboxylic acid groups (broad SMARTS) is 1. The van der Waals surface area contributed by atoms with Crippen LogP contribution in [-0.2, 0) is 16.4 Å². The van der Waals surface area contributed by atoms with E-state index in [4.69, 9.17) is 14.9 Å². The molecule has 146 valence electrons. The number of hydrogen-bond donors (Lipinski definition) is 4. The first-order valence-corrected chi connectivity index (χ1v) is 9.70. The summed E-state index contributed by atoms with van der Waals surface area (Å²) in [5.41, 5.74) is 1.19. The van der Waals surface area contributed by atoms with Crippen LogP contribution in [0.2, 0.25) is 0 Å². The largest absolute Gasteiger partial charge is 0.497 e. The highest BCUT2D eigenvalue weighted by molar-refractivity contribution is 7.89. The zero-order valence-corrected chi connectivity index (χ0v) is 15.6. The minimum atomic E-state index is -3.97. The van der Waals surface area contributed by atoms with Crippen molar-refractivity contribution in [3.8, 4) is 5.75 Å². The van der Waals surface area contributed by atoms with Gasteiger partial charge in [-0.2, -0.15) is 0 Å². The quantitative estimate of drug-likeness (QED) is 0.479. The van der Waals surface area contributed by atoms with Gasteiger partial charge in [-0.05, 0) is 42.3 Å². The average Bonchev–Trinajstić information content (AvgIpc) is 2.67. The second kappa shape index (κ2) is 9.36. The van der Waals surface area contributed by atoms with Gasteiger partial charge < -0.3 is 20.3 Å². The molecular weight excluding hydrogens is 372 g/mol. The molecule has 0 aliphatic rings. The summed E-state index contributed by atoms with van der Waals surface area (Å²) >= 11 is 0. The Kier molecular flexibility index (Phi) is 7.17. The summed E-state index contributed by atoms with van der Waals surface area (Å²) < 4.78 is 32.2. The summed E-state index contributed by atoms with van der Waals surface area (Å²) in [5, 5.41) is 21.0. The lowest BCUT2D eigenvalue weighted by Gasteiger charge is -2.14. The number of methoxy groups -OCH3 is 1. The van der Waals surface area contributed by atoms with E-state index in [1.165, 1.54) is 12.1 Å². The molecule has 0 aliphatic heterocycles. The molecule has 2 rings (SSSR count). The molecule has 0 saturated carbocycles. The topological polar surface area (TPSA) is 125 Å². The van der Waals surface area contributed by atoms with Gasteiger partial charge in [0.1, 0.15) is 10.6 Å². The lowest BCUT2D eigenvalue weighted by molar-refractivity contribution is 0.0696. The number of carbonyl (C=O) groups is 1. The molecule has 0 atom stereocenters. The van der Waals surface area contributed by atoms with Gasteiger partial charge >= 0.3 is 5.97 Å². The Morgan fingerprint density at radius 1 is 1.11 bits per heavy atom. The number of aromatic carboxylic acids is 1. The maximum absolute atomic E-state index is 12.4. The van der Waals surface area contributed by atoms with Gasteiger partial charge in [0.2, 0.25) is 10.0 Å². The SMILES string of the molecule is COc1ccc(CCNc2ccc(C(=O)O)cc2S(=O)(=O)NCCO)cc1. The van der Waals surface area contributed by atoms with Crippen molar-refractivity contribution in [3.05, 3.63) is 53.6 Å². The van der Waals surface area contributed by atoms with Crippen LogP contribution >= 0.6 is 0 Å². The molecule has 0 heterocycles. The first-order valence-electron chi connectivity index (χ1n) is 8.22. The lowest BCUT2D eigenvalue weighted by Crippen LogP contribution is -2.27. The number of rotatable bonds is 10. The van der Waals surface area contributed by atoms with Gasteiger partial charge in [-0.1, -0.05) is 12.1 Å². The summed E-state index contributed by atoms with van der Waals surface area (Å²) in [6.45, 7) is -0.0791. The third kappa shape index (κ3) is 5.68. The van der Waals surface area contributed by atoms with Crippen LogP contribution in [0.3, 0.4) is 0 Å². The Bertz CT molecular complexity index is 881. The number of sulfonamides is 1. The highest BCUT2D eigenvalue weighted by Gasteiger charge is 2.20. The van der Waals surface area contributed by atoms with Crippen molar-refractivity contribution in [1.29, 1.82) is 0 Å². The van der Waals surface area contributed by atoms with E-state index in [1.807, 2.05) is 24.3 Å². The van der Waals surface area contributed by atoms with Crippen molar-refractivity contribution in [1.82, 2.24) is 4.72 Å². The first kappa shape index (κ1) is 20.7. The van der Waals surface area contributed by atoms with Gasteiger partial charge in [0.05, 0.1) is 25.0 Å². The summed E-state index contributed by atoms with van der Waals surface area (Å²) in [4.78, 5) is 11.0. The van der Waals surface area contributed by atoms with Gasteiger partial charge in [0.25, 0.3) is 0 Å². The van der Waals surface area contributed by atoms with Crippen LogP contribution in [0.15, 0.2) is 47.4 Å². The number of benzene rings is 2. The lowest BCUT2D eigenvalue weighted by atomic mass is 10.1. The van der Waals surface area contributed by atoms with Crippen LogP contribution in [0.5, 0.6) is 5.75 Å². The normalized spacial score (nSPS) is 11.2. The van der Waals surface area contributed by atoms with E-state index in [9.17, 15) is 13.2 Å². The second-order valence-corrected chi connectivity index (χ2v) is 7.40. The third-order valence-electron chi connectivity index (χ3n) is 3.81. The molecule has 2 aromatic carbocycles. The van der Waals surface area contributed by atoms with Crippen molar-refractivity contribution < 1.29 is 28.2 Å². The molecular formula is C18H22N2O6S. The van der Waals surface area contributed by atoms with Crippen molar-refractivity contribution in [2.75, 3.05) is 32.1 Å². The molecule has 9 heteroatoms. The molecule has 0 aromatic heterocycles. The van der Waals surface area contributed by atoms with Crippen molar-refractivity contribution in [2.45, 2.75) is 11.3 Å². The van der Waals surface area contributed by atoms with Crippen LogP contribution in [0.25, 0.3) is 0 Å². The zero-order valence-electron chi connectivity index (χ0n) is 14.8. The van der Waals surface area contributed by atoms with Crippen LogP contribution in [-0.4, -0.2) is 51.4 Å². The van der Waals surface area contributed by atoms with Gasteiger partial charge in [-0.3, -0.25) is 0 Å². The molecule has 4 N–H and O–H groups in total. The second-order valence-electron chi connectivity index (χ2n) is 5.66. The van der Waals surface area contributed by atoms with Gasteiger partial charge in [-0.25, -0.2) is 17.9 Å². The zero-order chi connectivity index (χ0) is 19.9. The number of carboxylic acids is 1. The maximum atomic E-state index is 12.4. The molecule has 0 bridgehead atoms. The summed E-state index contributed by atoms with van der Waals surface area (Å²) in [6.07, 6.45) is 0.633. The Morgan fingerprint density at radius 2 is 1.81 bits per heavy atom. The van der Waals surface area contributed by atoms with Gasteiger partial charge in [0.15, 0.2) is 0 Å². The molecule has 0 radical (unpaired) electrons. The van der Waals surface area contributed by atoms with Crippen LogP contribution < -0.4 is 14.8 Å². The highest BCUT2D eigenvalue weighted by atomic mass is 32.2. The predicted octanol–water partition coefficient (Wildman–Crippen LogP) is 1.32. The summed E-state index contributed by atoms with van der Waals surface area (Å²) in [6, 6.07) is 11.4. The molecule has 0 fully saturated rings. The van der Waals surface area contributed by atoms with Crippen molar-refractivity contribution in [3.63, 3.8) is 0 Å². The summed E-state index contributed by atoms with van der Waals surface area (Å²) in [5.74, 6) is -0.474. The van der Waals surface area contributed by atoms with E-state index in [2.05, 4.69) is 10.0 Å². The van der Waals surface area contributed by atoms with Crippen molar-refractivity contribution in [2.24, 2.45) is 0 Å². The smallest absolute Gasteiger partial charge is 0.335 e. The average molecular weight is 394 g/mol. The maximum Gasteiger partial charge on any atom is 0.335 e. The van der Waals surface area contributed by atoms with E-state index >= 15 is 0 Å². The van der Waals surface area contributed by atoms with Crippen LogP contribution in [0.1, 0.15) is 15.9 Å². The Labute approximate surface area is 157 Å². The number of anilines is 1. The Morgan fingerprint density at radius 3 is 2.41 bits per heavy atom. The number of ether oxygens (including phenoxy) is 1. The van der Waals surface area contributed by atoms with Gasteiger partial charge in [-0.15, -0.1) is 0 Å². The molecule has 0 amide bonds. The number of hydrogen-bond acceptors (Lipinski definition) is 6. The first-order chi connectivity index (χ1) is 12.9. The monoisotopic (exact) mass is 394 g/mol. The fraction of sp³-hybridized carbons (Fsp3) is 0.278. The molecule has 8 nitrogen and oxygen atoms in total. The third-order valence-corrected chi connectivity index (χ3v) is 5.31. The number of nitrogens with one attached hydrogen (secondary N) is 2. The molecule has 2 aromatic rings. The molecule has 0 aliphatic carbocycles. The molecule has 0 spiro atoms. The number of aliphatic hydroxyl groups excluding tert-OH is 1. The van der Waals surface area contributed by atoms with Gasteiger partial charge in [0, 0.05) is 13.1 Å². The standard InChI is InChI=1S/C18H22N2O6S/c1-26-15-5-2-13(3-6-15)8-9-19-16-7-4-14(18(22)23)12-17(16)27(24,25)20-10-11-21/h2-7,12,19-21H,8-11H2,1H3,(H,22,23). The Balaban J connectivity index is 2.17. The van der Waals surface area contributed by atoms with Crippen LogP contribution in [0, 0.1) is 0 Å². The molecule has 27 heavy (non-hydrogen) atoms. The van der Waals surface area contributed by atoms with E-state index in [0.717, 1.165) is 17.4 Å². The highest BCUT2D eigenvalue weighted by Crippen LogP contribution is 2.23. The molecule has 0 saturated heterocycles. The van der Waals surface area contributed by atoms with E-state index in [1.54, 1.807) is 7.11 Å². The van der Waals surface area contributed by atoms with E-state index < -0.39 is 16.0 Å².